The molecule has 0 unspecified atom stereocenters. The van der Waals surface area contributed by atoms with Gasteiger partial charge in [-0.2, -0.15) is 0 Å². The number of hydrogen-bond acceptors (Lipinski definition) is 2. The first-order valence-corrected chi connectivity index (χ1v) is 4.35. The molecule has 0 saturated carbocycles. The summed E-state index contributed by atoms with van der Waals surface area (Å²) in [6.07, 6.45) is 1.54. The van der Waals surface area contributed by atoms with Gasteiger partial charge >= 0.3 is 6.03 Å². The van der Waals surface area contributed by atoms with E-state index in [4.69, 9.17) is 5.73 Å². The summed E-state index contributed by atoms with van der Waals surface area (Å²) in [4.78, 5) is 24.9. The molecule has 15 heavy (non-hydrogen) atoms. The highest BCUT2D eigenvalue weighted by Gasteiger charge is 2.12. The van der Waals surface area contributed by atoms with Gasteiger partial charge in [0.15, 0.2) is 0 Å². The second kappa shape index (κ2) is 3.45. The number of fused-ring (bicyclic) bond motifs is 1. The smallest absolute Gasteiger partial charge is 0.319 e. The Hall–Kier alpha value is -2.30. The fraction of sp³-hybridized carbons (Fsp3) is 0. The van der Waals surface area contributed by atoms with Crippen LogP contribution >= 0.6 is 0 Å². The lowest BCUT2D eigenvalue weighted by Gasteiger charge is -1.98. The molecule has 5 nitrogen and oxygen atoms in total. The van der Waals surface area contributed by atoms with Gasteiger partial charge in [-0.25, -0.2) is 4.79 Å². The SMILES string of the molecule is NC(=O)NC(=O)c1c[nH]c2ccccc12. The van der Waals surface area contributed by atoms with Crippen LogP contribution in [-0.2, 0) is 0 Å². The molecule has 0 fully saturated rings. The highest BCUT2D eigenvalue weighted by molar-refractivity contribution is 6.11. The molecular formula is C10H9N3O2. The number of primary amides is 1. The molecule has 3 amide bonds. The van der Waals surface area contributed by atoms with Gasteiger partial charge in [-0.3, -0.25) is 10.1 Å². The van der Waals surface area contributed by atoms with Crippen molar-refractivity contribution in [1.82, 2.24) is 10.3 Å². The summed E-state index contributed by atoms with van der Waals surface area (Å²) in [7, 11) is 0. The normalized spacial score (nSPS) is 10.1. The molecule has 0 radical (unpaired) electrons. The molecule has 4 N–H and O–H groups in total. The zero-order valence-electron chi connectivity index (χ0n) is 7.78. The third kappa shape index (κ3) is 1.67. The van der Waals surface area contributed by atoms with Crippen molar-refractivity contribution in [2.75, 3.05) is 0 Å². The van der Waals surface area contributed by atoms with Crippen LogP contribution in [0.15, 0.2) is 30.5 Å². The van der Waals surface area contributed by atoms with Crippen molar-refractivity contribution < 1.29 is 9.59 Å². The lowest BCUT2D eigenvalue weighted by atomic mass is 10.1. The van der Waals surface area contributed by atoms with Crippen LogP contribution in [0.3, 0.4) is 0 Å². The second-order valence-electron chi connectivity index (χ2n) is 3.07. The van der Waals surface area contributed by atoms with E-state index in [0.29, 0.717) is 5.56 Å². The maximum atomic E-state index is 11.5. The first-order chi connectivity index (χ1) is 7.18. The summed E-state index contributed by atoms with van der Waals surface area (Å²) >= 11 is 0. The highest BCUT2D eigenvalue weighted by atomic mass is 16.2. The summed E-state index contributed by atoms with van der Waals surface area (Å²) in [5.74, 6) is -0.500. The Labute approximate surface area is 85.3 Å². The number of rotatable bonds is 1. The molecular weight excluding hydrogens is 194 g/mol. The van der Waals surface area contributed by atoms with Gasteiger partial charge in [-0.05, 0) is 6.07 Å². The van der Waals surface area contributed by atoms with Crippen LogP contribution in [0.4, 0.5) is 4.79 Å². The van der Waals surface area contributed by atoms with E-state index in [1.54, 1.807) is 12.3 Å². The first-order valence-electron chi connectivity index (χ1n) is 4.35. The van der Waals surface area contributed by atoms with E-state index in [-0.39, 0.29) is 0 Å². The monoisotopic (exact) mass is 203 g/mol. The maximum absolute atomic E-state index is 11.5. The minimum atomic E-state index is -0.856. The van der Waals surface area contributed by atoms with Gasteiger partial charge < -0.3 is 10.7 Å². The van der Waals surface area contributed by atoms with Crippen molar-refractivity contribution in [2.45, 2.75) is 0 Å². The molecule has 0 aliphatic heterocycles. The maximum Gasteiger partial charge on any atom is 0.319 e. The van der Waals surface area contributed by atoms with Gasteiger partial charge in [0.2, 0.25) is 0 Å². The van der Waals surface area contributed by atoms with Crippen LogP contribution in [0, 0.1) is 0 Å². The predicted octanol–water partition coefficient (Wildman–Crippen LogP) is 0.976. The summed E-state index contributed by atoms with van der Waals surface area (Å²) in [6.45, 7) is 0. The van der Waals surface area contributed by atoms with Crippen LogP contribution in [0.25, 0.3) is 10.9 Å². The van der Waals surface area contributed by atoms with Crippen LogP contribution in [-0.4, -0.2) is 16.9 Å². The van der Waals surface area contributed by atoms with Crippen molar-refractivity contribution in [3.05, 3.63) is 36.0 Å². The third-order valence-corrected chi connectivity index (χ3v) is 2.07. The molecule has 5 heteroatoms. The summed E-state index contributed by atoms with van der Waals surface area (Å²) in [6, 6.07) is 6.45. The number of benzene rings is 1. The molecule has 2 aromatic rings. The molecule has 2 rings (SSSR count). The number of carbonyl (C=O) groups is 2. The Balaban J connectivity index is 2.44. The Bertz CT molecular complexity index is 530. The average molecular weight is 203 g/mol. The zero-order chi connectivity index (χ0) is 10.8. The first kappa shape index (κ1) is 9.26. The number of aromatic nitrogens is 1. The molecule has 0 aliphatic carbocycles. The summed E-state index contributed by atoms with van der Waals surface area (Å²) in [5.41, 5.74) is 6.11. The fourth-order valence-electron chi connectivity index (χ4n) is 1.44. The number of nitrogens with one attached hydrogen (secondary N) is 2. The molecule has 0 atom stereocenters. The molecule has 76 valence electrons. The largest absolute Gasteiger partial charge is 0.360 e. The Morgan fingerprint density at radius 3 is 2.73 bits per heavy atom. The number of H-pyrrole nitrogens is 1. The third-order valence-electron chi connectivity index (χ3n) is 2.07. The van der Waals surface area contributed by atoms with Crippen molar-refractivity contribution in [3.63, 3.8) is 0 Å². The average Bonchev–Trinajstić information content (AvgIpc) is 2.59. The van der Waals surface area contributed by atoms with Gasteiger partial charge in [0, 0.05) is 17.1 Å². The fourth-order valence-corrected chi connectivity index (χ4v) is 1.44. The lowest BCUT2D eigenvalue weighted by molar-refractivity contribution is 0.0968. The van der Waals surface area contributed by atoms with E-state index in [0.717, 1.165) is 10.9 Å². The number of carbonyl (C=O) groups excluding carboxylic acids is 2. The summed E-state index contributed by atoms with van der Waals surface area (Å²) < 4.78 is 0. The van der Waals surface area contributed by atoms with Crippen LogP contribution in [0.1, 0.15) is 10.4 Å². The van der Waals surface area contributed by atoms with E-state index >= 15 is 0 Å². The van der Waals surface area contributed by atoms with Crippen LogP contribution < -0.4 is 11.1 Å². The van der Waals surface area contributed by atoms with Gasteiger partial charge in [0.05, 0.1) is 5.56 Å². The number of amides is 3. The molecule has 1 aromatic carbocycles. The van der Waals surface area contributed by atoms with Crippen molar-refractivity contribution in [3.8, 4) is 0 Å². The minimum absolute atomic E-state index is 0.407. The standard InChI is InChI=1S/C10H9N3O2/c11-10(15)13-9(14)7-5-12-8-4-2-1-3-6(7)8/h1-5,12H,(H3,11,13,14,15). The predicted molar refractivity (Wildman–Crippen MR) is 55.3 cm³/mol. The van der Waals surface area contributed by atoms with E-state index < -0.39 is 11.9 Å². The minimum Gasteiger partial charge on any atom is -0.360 e. The number of nitrogens with two attached hydrogens (primary N) is 1. The van der Waals surface area contributed by atoms with Gasteiger partial charge in [-0.1, -0.05) is 18.2 Å². The van der Waals surface area contributed by atoms with Gasteiger partial charge in [0.1, 0.15) is 0 Å². The molecule has 1 heterocycles. The molecule has 1 aromatic heterocycles. The molecule has 0 aliphatic rings. The Morgan fingerprint density at radius 2 is 2.00 bits per heavy atom. The van der Waals surface area contributed by atoms with Crippen LogP contribution in [0.5, 0.6) is 0 Å². The van der Waals surface area contributed by atoms with Crippen molar-refractivity contribution >= 4 is 22.8 Å². The van der Waals surface area contributed by atoms with Gasteiger partial charge in [0.25, 0.3) is 5.91 Å². The lowest BCUT2D eigenvalue weighted by Crippen LogP contribution is -2.34. The van der Waals surface area contributed by atoms with Crippen molar-refractivity contribution in [2.24, 2.45) is 5.73 Å². The van der Waals surface area contributed by atoms with E-state index in [2.05, 4.69) is 4.98 Å². The van der Waals surface area contributed by atoms with Gasteiger partial charge in [-0.15, -0.1) is 0 Å². The number of hydrogen-bond donors (Lipinski definition) is 3. The summed E-state index contributed by atoms with van der Waals surface area (Å²) in [5, 5.41) is 2.78. The molecule has 0 spiro atoms. The van der Waals surface area contributed by atoms with Crippen LogP contribution in [0.2, 0.25) is 0 Å². The highest BCUT2D eigenvalue weighted by Crippen LogP contribution is 2.17. The molecule has 0 bridgehead atoms. The number of aromatic amines is 1. The topological polar surface area (TPSA) is 88.0 Å². The second-order valence-corrected chi connectivity index (χ2v) is 3.07. The number of para-hydroxylation sites is 1. The number of urea groups is 1. The van der Waals surface area contributed by atoms with E-state index in [1.807, 2.05) is 23.5 Å². The van der Waals surface area contributed by atoms with E-state index in [9.17, 15) is 9.59 Å². The Kier molecular flexibility index (Phi) is 2.13. The zero-order valence-corrected chi connectivity index (χ0v) is 7.78. The Morgan fingerprint density at radius 1 is 1.27 bits per heavy atom. The number of imide groups is 1. The molecule has 0 saturated heterocycles. The quantitative estimate of drug-likeness (QED) is 0.645. The van der Waals surface area contributed by atoms with Crippen molar-refractivity contribution in [1.29, 1.82) is 0 Å². The van der Waals surface area contributed by atoms with E-state index in [1.165, 1.54) is 0 Å².